The number of anilines is 2. The zero-order valence-corrected chi connectivity index (χ0v) is 13.6. The Morgan fingerprint density at radius 1 is 1.04 bits per heavy atom. The van der Waals surface area contributed by atoms with Gasteiger partial charge in [-0.1, -0.05) is 0 Å². The lowest BCUT2D eigenvalue weighted by Crippen LogP contribution is -2.48. The van der Waals surface area contributed by atoms with Crippen LogP contribution in [0.15, 0.2) is 42.5 Å². The maximum Gasteiger partial charge on any atom is 0.238 e. The van der Waals surface area contributed by atoms with Crippen LogP contribution in [0.1, 0.15) is 0 Å². The van der Waals surface area contributed by atoms with Crippen LogP contribution in [0.5, 0.6) is 5.75 Å². The van der Waals surface area contributed by atoms with Gasteiger partial charge in [0.1, 0.15) is 17.4 Å². The second kappa shape index (κ2) is 7.48. The number of phenolic OH excluding ortho intramolecular Hbond substituents is 1. The molecule has 1 aliphatic rings. The Morgan fingerprint density at radius 3 is 2.40 bits per heavy atom. The van der Waals surface area contributed by atoms with Gasteiger partial charge in [0, 0.05) is 37.9 Å². The number of piperazine rings is 1. The number of nitrogens with zero attached hydrogens (tertiary/aromatic N) is 2. The van der Waals surface area contributed by atoms with E-state index in [0.29, 0.717) is 13.1 Å². The van der Waals surface area contributed by atoms with E-state index in [1.54, 1.807) is 12.1 Å². The molecule has 1 fully saturated rings. The van der Waals surface area contributed by atoms with Crippen LogP contribution in [-0.2, 0) is 4.79 Å². The number of phenols is 1. The van der Waals surface area contributed by atoms with E-state index in [-0.39, 0.29) is 23.9 Å². The molecule has 0 atom stereocenters. The Bertz CT molecular complexity index is 744. The van der Waals surface area contributed by atoms with E-state index in [1.807, 2.05) is 17.0 Å². The number of rotatable bonds is 4. The van der Waals surface area contributed by atoms with Crippen molar-refractivity contribution in [1.29, 1.82) is 0 Å². The fraction of sp³-hybridized carbons (Fsp3) is 0.278. The van der Waals surface area contributed by atoms with E-state index in [9.17, 15) is 18.7 Å². The van der Waals surface area contributed by atoms with Gasteiger partial charge in [-0.25, -0.2) is 8.78 Å². The molecule has 25 heavy (non-hydrogen) atoms. The van der Waals surface area contributed by atoms with Gasteiger partial charge in [-0.15, -0.1) is 0 Å². The summed E-state index contributed by atoms with van der Waals surface area (Å²) in [6, 6.07) is 9.95. The van der Waals surface area contributed by atoms with Crippen molar-refractivity contribution in [2.24, 2.45) is 0 Å². The molecule has 3 rings (SSSR count). The zero-order valence-electron chi connectivity index (χ0n) is 13.6. The smallest absolute Gasteiger partial charge is 0.238 e. The van der Waals surface area contributed by atoms with Crippen LogP contribution in [0, 0.1) is 11.6 Å². The molecule has 0 radical (unpaired) electrons. The normalized spacial score (nSPS) is 15.2. The molecule has 1 amide bonds. The predicted octanol–water partition coefficient (Wildman–Crippen LogP) is 2.43. The number of amides is 1. The molecule has 1 aliphatic heterocycles. The molecule has 1 heterocycles. The first-order valence-corrected chi connectivity index (χ1v) is 8.02. The first-order valence-electron chi connectivity index (χ1n) is 8.02. The van der Waals surface area contributed by atoms with Gasteiger partial charge in [-0.05, 0) is 36.4 Å². The molecular weight excluding hydrogens is 328 g/mol. The maximum atomic E-state index is 13.6. The molecule has 0 aliphatic carbocycles. The number of halogens is 2. The molecule has 7 heteroatoms. The molecule has 2 N–H and O–H groups in total. The Morgan fingerprint density at radius 2 is 1.72 bits per heavy atom. The van der Waals surface area contributed by atoms with Gasteiger partial charge in [0.2, 0.25) is 5.91 Å². The monoisotopic (exact) mass is 347 g/mol. The maximum absolute atomic E-state index is 13.6. The number of hydrogen-bond acceptors (Lipinski definition) is 4. The average molecular weight is 347 g/mol. The topological polar surface area (TPSA) is 55.8 Å². The summed E-state index contributed by atoms with van der Waals surface area (Å²) in [5, 5.41) is 11.7. The van der Waals surface area contributed by atoms with E-state index in [2.05, 4.69) is 10.2 Å². The van der Waals surface area contributed by atoms with Crippen LogP contribution in [0.4, 0.5) is 20.2 Å². The van der Waals surface area contributed by atoms with E-state index < -0.39 is 11.6 Å². The minimum Gasteiger partial charge on any atom is -0.508 e. The van der Waals surface area contributed by atoms with Crippen molar-refractivity contribution in [3.8, 4) is 5.75 Å². The van der Waals surface area contributed by atoms with Gasteiger partial charge in [-0.3, -0.25) is 9.69 Å². The summed E-state index contributed by atoms with van der Waals surface area (Å²) in [4.78, 5) is 16.2. The van der Waals surface area contributed by atoms with Gasteiger partial charge in [0.25, 0.3) is 0 Å². The molecule has 0 bridgehead atoms. The molecular formula is C18H19F2N3O2. The van der Waals surface area contributed by atoms with Crippen molar-refractivity contribution in [1.82, 2.24) is 4.90 Å². The minimum atomic E-state index is -0.660. The van der Waals surface area contributed by atoms with Crippen molar-refractivity contribution < 1.29 is 18.7 Å². The highest BCUT2D eigenvalue weighted by Gasteiger charge is 2.19. The molecule has 0 aromatic heterocycles. The number of aromatic hydroxyl groups is 1. The lowest BCUT2D eigenvalue weighted by atomic mass is 10.2. The van der Waals surface area contributed by atoms with E-state index in [0.717, 1.165) is 37.0 Å². The standard InChI is InChI=1S/C18H19F2N3O2/c19-13-1-6-16(20)17(11-13)21-18(25)12-22-7-9-23(10-8-22)14-2-4-15(24)5-3-14/h1-6,11,24H,7-10,12H2,(H,21,25). The number of nitrogens with one attached hydrogen (secondary N) is 1. The molecule has 1 saturated heterocycles. The van der Waals surface area contributed by atoms with Crippen LogP contribution < -0.4 is 10.2 Å². The zero-order chi connectivity index (χ0) is 17.8. The predicted molar refractivity (Wildman–Crippen MR) is 91.7 cm³/mol. The van der Waals surface area contributed by atoms with Crippen LogP contribution >= 0.6 is 0 Å². The van der Waals surface area contributed by atoms with Crippen molar-refractivity contribution >= 4 is 17.3 Å². The van der Waals surface area contributed by atoms with Crippen molar-refractivity contribution in [3.05, 3.63) is 54.1 Å². The number of carbonyl (C=O) groups excluding carboxylic acids is 1. The van der Waals surface area contributed by atoms with Crippen molar-refractivity contribution in [2.45, 2.75) is 0 Å². The Balaban J connectivity index is 1.51. The molecule has 0 saturated carbocycles. The van der Waals surface area contributed by atoms with Crippen LogP contribution in [-0.4, -0.2) is 48.6 Å². The molecule has 2 aromatic rings. The van der Waals surface area contributed by atoms with Gasteiger partial charge in [-0.2, -0.15) is 0 Å². The highest BCUT2D eigenvalue weighted by Crippen LogP contribution is 2.20. The quantitative estimate of drug-likeness (QED) is 0.892. The second-order valence-corrected chi connectivity index (χ2v) is 5.95. The summed E-state index contributed by atoms with van der Waals surface area (Å²) in [6.45, 7) is 2.97. The summed E-state index contributed by atoms with van der Waals surface area (Å²) >= 11 is 0. The van der Waals surface area contributed by atoms with Gasteiger partial charge < -0.3 is 15.3 Å². The van der Waals surface area contributed by atoms with Gasteiger partial charge in [0.15, 0.2) is 0 Å². The summed E-state index contributed by atoms with van der Waals surface area (Å²) in [5.74, 6) is -1.41. The van der Waals surface area contributed by atoms with E-state index >= 15 is 0 Å². The number of carbonyl (C=O) groups is 1. The third kappa shape index (κ3) is 4.45. The van der Waals surface area contributed by atoms with Gasteiger partial charge in [0.05, 0.1) is 12.2 Å². The third-order valence-electron chi connectivity index (χ3n) is 4.16. The fourth-order valence-corrected chi connectivity index (χ4v) is 2.81. The summed E-state index contributed by atoms with van der Waals surface area (Å²) < 4.78 is 26.7. The summed E-state index contributed by atoms with van der Waals surface area (Å²) in [7, 11) is 0. The largest absolute Gasteiger partial charge is 0.508 e. The molecule has 5 nitrogen and oxygen atoms in total. The fourth-order valence-electron chi connectivity index (χ4n) is 2.81. The van der Waals surface area contributed by atoms with Crippen LogP contribution in [0.25, 0.3) is 0 Å². The average Bonchev–Trinajstić information content (AvgIpc) is 2.59. The molecule has 0 spiro atoms. The molecule has 0 unspecified atom stereocenters. The van der Waals surface area contributed by atoms with Crippen LogP contribution in [0.3, 0.4) is 0 Å². The third-order valence-corrected chi connectivity index (χ3v) is 4.16. The Hall–Kier alpha value is -2.67. The first-order chi connectivity index (χ1) is 12.0. The van der Waals surface area contributed by atoms with Crippen molar-refractivity contribution in [3.63, 3.8) is 0 Å². The molecule has 2 aromatic carbocycles. The SMILES string of the molecule is O=C(CN1CCN(c2ccc(O)cc2)CC1)Nc1cc(F)ccc1F. The highest BCUT2D eigenvalue weighted by molar-refractivity contribution is 5.92. The number of benzene rings is 2. The lowest BCUT2D eigenvalue weighted by Gasteiger charge is -2.35. The van der Waals surface area contributed by atoms with E-state index in [1.165, 1.54) is 0 Å². The highest BCUT2D eigenvalue weighted by atomic mass is 19.1. The van der Waals surface area contributed by atoms with Crippen molar-refractivity contribution in [2.75, 3.05) is 42.9 Å². The minimum absolute atomic E-state index is 0.124. The lowest BCUT2D eigenvalue weighted by molar-refractivity contribution is -0.117. The second-order valence-electron chi connectivity index (χ2n) is 5.95. The summed E-state index contributed by atoms with van der Waals surface area (Å²) in [5.41, 5.74) is 0.872. The Labute approximate surface area is 144 Å². The Kier molecular flexibility index (Phi) is 5.14. The first kappa shape index (κ1) is 17.2. The number of hydrogen-bond donors (Lipinski definition) is 2. The summed E-state index contributed by atoms with van der Waals surface area (Å²) in [6.07, 6.45) is 0. The van der Waals surface area contributed by atoms with Crippen LogP contribution in [0.2, 0.25) is 0 Å². The van der Waals surface area contributed by atoms with Gasteiger partial charge >= 0.3 is 0 Å². The molecule has 132 valence electrons. The van der Waals surface area contributed by atoms with E-state index in [4.69, 9.17) is 0 Å².